The van der Waals surface area contributed by atoms with Gasteiger partial charge in [-0.15, -0.1) is 11.8 Å². The second kappa shape index (κ2) is 9.09. The van der Waals surface area contributed by atoms with Gasteiger partial charge in [-0.2, -0.15) is 0 Å². The van der Waals surface area contributed by atoms with Gasteiger partial charge in [0.1, 0.15) is 11.9 Å². The number of nitrogens with one attached hydrogen (secondary N) is 1. The number of thioether (sulfide) groups is 1. The van der Waals surface area contributed by atoms with Gasteiger partial charge in [0.25, 0.3) is 5.91 Å². The molecule has 2 fully saturated rings. The summed E-state index contributed by atoms with van der Waals surface area (Å²) in [7, 11) is 0. The molecule has 1 saturated heterocycles. The first kappa shape index (κ1) is 20.2. The fraction of sp³-hybridized carbons (Fsp3) is 0.619. The van der Waals surface area contributed by atoms with Crippen molar-refractivity contribution in [2.24, 2.45) is 5.92 Å². The van der Waals surface area contributed by atoms with Gasteiger partial charge < -0.3 is 10.2 Å². The normalized spacial score (nSPS) is 24.6. The van der Waals surface area contributed by atoms with E-state index < -0.39 is 6.04 Å². The van der Waals surface area contributed by atoms with Crippen LogP contribution in [0.15, 0.2) is 24.3 Å². The third-order valence-corrected chi connectivity index (χ3v) is 7.18. The smallest absolute Gasteiger partial charge is 0.255 e. The van der Waals surface area contributed by atoms with E-state index in [1.807, 2.05) is 13.8 Å². The van der Waals surface area contributed by atoms with Gasteiger partial charge in [0.05, 0.1) is 5.37 Å². The lowest BCUT2D eigenvalue weighted by Gasteiger charge is -2.35. The lowest BCUT2D eigenvalue weighted by molar-refractivity contribution is -0.125. The highest BCUT2D eigenvalue weighted by atomic mass is 32.2. The zero-order chi connectivity index (χ0) is 19.4. The van der Waals surface area contributed by atoms with E-state index in [1.165, 1.54) is 43.5 Å². The molecule has 1 saturated carbocycles. The summed E-state index contributed by atoms with van der Waals surface area (Å²) in [5.74, 6) is 0.438. The van der Waals surface area contributed by atoms with Crippen LogP contribution < -0.4 is 5.32 Å². The van der Waals surface area contributed by atoms with E-state index in [0.717, 1.165) is 19.3 Å². The van der Waals surface area contributed by atoms with E-state index in [4.69, 9.17) is 0 Å². The SMILES string of the molecule is CC[C@H](C)NC(=O)[C@H]1CS[C@H](C2CCCCC2)N1C(=O)c1ccc(F)cc1. The van der Waals surface area contributed by atoms with Crippen LogP contribution >= 0.6 is 11.8 Å². The summed E-state index contributed by atoms with van der Waals surface area (Å²) in [6.07, 6.45) is 6.67. The van der Waals surface area contributed by atoms with Crippen molar-refractivity contribution >= 4 is 23.6 Å². The molecule has 2 aliphatic rings. The van der Waals surface area contributed by atoms with Crippen LogP contribution in [0.25, 0.3) is 0 Å². The van der Waals surface area contributed by atoms with Crippen molar-refractivity contribution in [3.8, 4) is 0 Å². The van der Waals surface area contributed by atoms with Crippen LogP contribution in [-0.4, -0.2) is 39.9 Å². The van der Waals surface area contributed by atoms with Crippen LogP contribution in [0.4, 0.5) is 4.39 Å². The molecule has 0 aromatic heterocycles. The second-order valence-corrected chi connectivity index (χ2v) is 8.82. The molecule has 148 valence electrons. The van der Waals surface area contributed by atoms with Gasteiger partial charge in [0.15, 0.2) is 0 Å². The van der Waals surface area contributed by atoms with Crippen molar-refractivity contribution < 1.29 is 14.0 Å². The van der Waals surface area contributed by atoms with E-state index in [2.05, 4.69) is 5.32 Å². The van der Waals surface area contributed by atoms with Gasteiger partial charge in [-0.05, 0) is 56.4 Å². The lowest BCUT2D eigenvalue weighted by atomic mass is 9.88. The molecule has 0 spiro atoms. The molecule has 27 heavy (non-hydrogen) atoms. The topological polar surface area (TPSA) is 49.4 Å². The summed E-state index contributed by atoms with van der Waals surface area (Å²) in [6.45, 7) is 4.01. The van der Waals surface area contributed by atoms with Gasteiger partial charge in [0.2, 0.25) is 5.91 Å². The number of carbonyl (C=O) groups excluding carboxylic acids is 2. The van der Waals surface area contributed by atoms with E-state index >= 15 is 0 Å². The Kier molecular flexibility index (Phi) is 6.79. The molecule has 3 rings (SSSR count). The van der Waals surface area contributed by atoms with Crippen molar-refractivity contribution in [3.63, 3.8) is 0 Å². The summed E-state index contributed by atoms with van der Waals surface area (Å²) < 4.78 is 13.3. The summed E-state index contributed by atoms with van der Waals surface area (Å²) in [4.78, 5) is 27.9. The molecule has 0 unspecified atom stereocenters. The largest absolute Gasteiger partial charge is 0.352 e. The Hall–Kier alpha value is -1.56. The molecular weight excluding hydrogens is 363 g/mol. The molecule has 2 amide bonds. The van der Waals surface area contributed by atoms with Crippen molar-refractivity contribution in [1.82, 2.24) is 10.2 Å². The van der Waals surface area contributed by atoms with Crippen LogP contribution in [0.5, 0.6) is 0 Å². The monoisotopic (exact) mass is 392 g/mol. The van der Waals surface area contributed by atoms with Crippen molar-refractivity contribution in [1.29, 1.82) is 0 Å². The minimum atomic E-state index is -0.464. The van der Waals surface area contributed by atoms with Crippen LogP contribution in [0.1, 0.15) is 62.7 Å². The number of rotatable bonds is 5. The van der Waals surface area contributed by atoms with Gasteiger partial charge >= 0.3 is 0 Å². The first-order valence-corrected chi connectivity index (χ1v) is 11.1. The van der Waals surface area contributed by atoms with E-state index in [-0.39, 0.29) is 29.0 Å². The Morgan fingerprint density at radius 1 is 1.22 bits per heavy atom. The fourth-order valence-corrected chi connectivity index (χ4v) is 5.59. The Bertz CT molecular complexity index is 661. The molecule has 6 heteroatoms. The zero-order valence-electron chi connectivity index (χ0n) is 16.1. The maximum Gasteiger partial charge on any atom is 0.255 e. The van der Waals surface area contributed by atoms with E-state index in [1.54, 1.807) is 16.7 Å². The van der Waals surface area contributed by atoms with Crippen molar-refractivity contribution in [3.05, 3.63) is 35.6 Å². The lowest BCUT2D eigenvalue weighted by Crippen LogP contribution is -2.52. The molecule has 0 bridgehead atoms. The highest BCUT2D eigenvalue weighted by Crippen LogP contribution is 2.41. The summed E-state index contributed by atoms with van der Waals surface area (Å²) >= 11 is 1.72. The fourth-order valence-electron chi connectivity index (χ4n) is 3.95. The maximum atomic E-state index is 13.3. The number of hydrogen-bond donors (Lipinski definition) is 1. The molecule has 1 aliphatic heterocycles. The molecule has 1 heterocycles. The second-order valence-electron chi connectivity index (χ2n) is 7.67. The standard InChI is InChI=1S/C21H29FN2O2S/c1-3-14(2)23-19(25)18-13-27-21(16-7-5-4-6-8-16)24(18)20(26)15-9-11-17(22)12-10-15/h9-12,14,16,18,21H,3-8,13H2,1-2H3,(H,23,25)/t14-,18+,21+/m0/s1. The predicted molar refractivity (Wildman–Crippen MR) is 107 cm³/mol. The van der Waals surface area contributed by atoms with E-state index in [0.29, 0.717) is 17.2 Å². The van der Waals surface area contributed by atoms with Gasteiger partial charge in [-0.25, -0.2) is 4.39 Å². The van der Waals surface area contributed by atoms with Crippen molar-refractivity contribution in [2.75, 3.05) is 5.75 Å². The zero-order valence-corrected chi connectivity index (χ0v) is 16.9. The number of halogens is 1. The minimum absolute atomic E-state index is 0.0236. The number of carbonyl (C=O) groups is 2. The van der Waals surface area contributed by atoms with Gasteiger partial charge in [-0.3, -0.25) is 9.59 Å². The van der Waals surface area contributed by atoms with Crippen molar-refractivity contribution in [2.45, 2.75) is 69.8 Å². The predicted octanol–water partition coefficient (Wildman–Crippen LogP) is 4.20. The number of hydrogen-bond acceptors (Lipinski definition) is 3. The highest BCUT2D eigenvalue weighted by Gasteiger charge is 2.45. The van der Waals surface area contributed by atoms with Crippen LogP contribution in [0.3, 0.4) is 0 Å². The number of amides is 2. The first-order valence-electron chi connectivity index (χ1n) is 10.0. The minimum Gasteiger partial charge on any atom is -0.352 e. The summed E-state index contributed by atoms with van der Waals surface area (Å²) in [6, 6.07) is 5.26. The molecule has 0 radical (unpaired) electrons. The quantitative estimate of drug-likeness (QED) is 0.817. The first-order chi connectivity index (χ1) is 13.0. The third kappa shape index (κ3) is 4.65. The molecule has 1 aromatic carbocycles. The average Bonchev–Trinajstić information content (AvgIpc) is 3.13. The number of benzene rings is 1. The molecule has 1 N–H and O–H groups in total. The van der Waals surface area contributed by atoms with E-state index in [9.17, 15) is 14.0 Å². The molecular formula is C21H29FN2O2S. The van der Waals surface area contributed by atoms with Crippen LogP contribution in [0.2, 0.25) is 0 Å². The molecule has 1 aromatic rings. The van der Waals surface area contributed by atoms with Gasteiger partial charge in [0, 0.05) is 17.4 Å². The molecule has 3 atom stereocenters. The Labute approximate surface area is 165 Å². The van der Waals surface area contributed by atoms with Crippen LogP contribution in [0, 0.1) is 11.7 Å². The Morgan fingerprint density at radius 3 is 2.52 bits per heavy atom. The van der Waals surface area contributed by atoms with Gasteiger partial charge in [-0.1, -0.05) is 26.2 Å². The average molecular weight is 393 g/mol. The van der Waals surface area contributed by atoms with Crippen LogP contribution in [-0.2, 0) is 4.79 Å². The number of nitrogens with zero attached hydrogens (tertiary/aromatic N) is 1. The third-order valence-electron chi connectivity index (χ3n) is 5.72. The highest BCUT2D eigenvalue weighted by molar-refractivity contribution is 8.00. The summed E-state index contributed by atoms with van der Waals surface area (Å²) in [5, 5.41) is 3.06. The Balaban J connectivity index is 1.85. The Morgan fingerprint density at radius 2 is 1.89 bits per heavy atom. The maximum absolute atomic E-state index is 13.3. The summed E-state index contributed by atoms with van der Waals surface area (Å²) in [5.41, 5.74) is 0.445. The molecule has 1 aliphatic carbocycles. The molecule has 4 nitrogen and oxygen atoms in total.